The molecule has 55 heavy (non-hydrogen) atoms. The molecule has 2 N–H and O–H groups in total. The van der Waals surface area contributed by atoms with Crippen LogP contribution in [0.4, 0.5) is 0 Å². The summed E-state index contributed by atoms with van der Waals surface area (Å²) in [5, 5.41) is 7.46. The van der Waals surface area contributed by atoms with Crippen LogP contribution >= 0.6 is 23.2 Å². The molecule has 0 spiro atoms. The number of imidazole rings is 1. The first-order valence-electron chi connectivity index (χ1n) is 17.7. The molecule has 3 heterocycles. The normalized spacial score (nSPS) is 17.8. The summed E-state index contributed by atoms with van der Waals surface area (Å²) in [5.74, 6) is -4.35. The summed E-state index contributed by atoms with van der Waals surface area (Å²) in [7, 11) is 0. The lowest BCUT2D eigenvalue weighted by atomic mass is 10.0. The van der Waals surface area contributed by atoms with E-state index in [2.05, 4.69) is 15.6 Å². The molecule has 1 aromatic heterocycles. The number of ketones is 1. The molecule has 2 fully saturated rings. The van der Waals surface area contributed by atoms with E-state index in [0.717, 1.165) is 16.4 Å². The average Bonchev–Trinajstić information content (AvgIpc) is 3.48. The van der Waals surface area contributed by atoms with Gasteiger partial charge in [0.25, 0.3) is 11.8 Å². The Bertz CT molecular complexity index is 1960. The molecular weight excluding hydrogens is 755 g/mol. The maximum absolute atomic E-state index is 14.1. The van der Waals surface area contributed by atoms with Crippen molar-refractivity contribution in [3.05, 3.63) is 87.4 Å². The highest BCUT2D eigenvalue weighted by Crippen LogP contribution is 2.27. The van der Waals surface area contributed by atoms with Crippen LogP contribution in [0, 0.1) is 6.92 Å². The number of carbonyl (C=O) groups excluding carboxylic acids is 7. The molecule has 0 radical (unpaired) electrons. The van der Waals surface area contributed by atoms with E-state index < -0.39 is 78.1 Å². The number of esters is 2. The van der Waals surface area contributed by atoms with E-state index in [1.54, 1.807) is 51.2 Å². The second kappa shape index (κ2) is 17.5. The van der Waals surface area contributed by atoms with Crippen molar-refractivity contribution in [3.63, 3.8) is 0 Å². The fraction of sp³-hybridized carbons (Fsp3) is 0.421. The third-order valence-electron chi connectivity index (χ3n) is 8.97. The maximum atomic E-state index is 14.1. The molecule has 2 aliphatic heterocycles. The van der Waals surface area contributed by atoms with Crippen LogP contribution in [0.3, 0.4) is 0 Å². The lowest BCUT2D eigenvalue weighted by Gasteiger charge is -2.43. The molecule has 3 aromatic rings. The summed E-state index contributed by atoms with van der Waals surface area (Å²) in [5.41, 5.74) is 0.127. The van der Waals surface area contributed by atoms with Crippen LogP contribution in [0.2, 0.25) is 10.0 Å². The van der Waals surface area contributed by atoms with Gasteiger partial charge in [0.1, 0.15) is 29.6 Å². The molecule has 3 atom stereocenters. The summed E-state index contributed by atoms with van der Waals surface area (Å²) in [4.78, 5) is 98.1. The van der Waals surface area contributed by atoms with Crippen LogP contribution in [0.25, 0.3) is 0 Å². The number of hydrazine groups is 1. The molecule has 5 rings (SSSR count). The molecule has 0 saturated carbocycles. The molecule has 0 unspecified atom stereocenters. The Morgan fingerprint density at radius 1 is 1.00 bits per heavy atom. The third-order valence-corrected chi connectivity index (χ3v) is 9.60. The Morgan fingerprint density at radius 3 is 2.33 bits per heavy atom. The Morgan fingerprint density at radius 2 is 1.69 bits per heavy atom. The second-order valence-corrected chi connectivity index (χ2v) is 15.0. The highest BCUT2D eigenvalue weighted by Gasteiger charge is 2.45. The Hall–Kier alpha value is -5.28. The van der Waals surface area contributed by atoms with Gasteiger partial charge in [0, 0.05) is 37.5 Å². The number of nitrogens with zero attached hydrogens (tertiary/aromatic N) is 4. The van der Waals surface area contributed by atoms with Crippen molar-refractivity contribution in [1.82, 2.24) is 30.2 Å². The first-order chi connectivity index (χ1) is 26.0. The summed E-state index contributed by atoms with van der Waals surface area (Å²) in [6, 6.07) is 7.21. The van der Waals surface area contributed by atoms with Crippen molar-refractivity contribution >= 4 is 64.6 Å². The number of halogens is 2. The zero-order valence-electron chi connectivity index (χ0n) is 30.8. The van der Waals surface area contributed by atoms with E-state index in [0.29, 0.717) is 18.5 Å². The quantitative estimate of drug-likeness (QED) is 0.255. The fourth-order valence-corrected chi connectivity index (χ4v) is 6.79. The van der Waals surface area contributed by atoms with Crippen LogP contribution in [-0.4, -0.2) is 97.8 Å². The highest BCUT2D eigenvalue weighted by molar-refractivity contribution is 6.39. The lowest BCUT2D eigenvalue weighted by Crippen LogP contribution is -2.64. The molecule has 292 valence electrons. The number of rotatable bonds is 12. The van der Waals surface area contributed by atoms with Crippen molar-refractivity contribution in [3.8, 4) is 0 Å². The van der Waals surface area contributed by atoms with Crippen LogP contribution in [-0.2, 0) is 40.0 Å². The van der Waals surface area contributed by atoms with Gasteiger partial charge in [-0.05, 0) is 76.8 Å². The van der Waals surface area contributed by atoms with Crippen LogP contribution in [0.1, 0.15) is 85.0 Å². The number of amides is 4. The first-order valence-corrected chi connectivity index (χ1v) is 18.4. The van der Waals surface area contributed by atoms with Crippen LogP contribution in [0.15, 0.2) is 54.9 Å². The van der Waals surface area contributed by atoms with Gasteiger partial charge in [0.2, 0.25) is 11.8 Å². The van der Waals surface area contributed by atoms with Gasteiger partial charge in [-0.1, -0.05) is 41.4 Å². The van der Waals surface area contributed by atoms with E-state index in [1.807, 2.05) is 17.7 Å². The SMILES string of the molecule is Cc1nccn1Cc1ccc(C(=O)N[C@H]2CCC(=O)N3CCC[C@@H](C(=O)N[C@@H](CC(=O)OC(C)(C)C)C(=O)COC(=O)c4c(Cl)cccc4Cl)N3C2=O)cc1. The predicted molar refractivity (Wildman–Crippen MR) is 199 cm³/mol. The van der Waals surface area contributed by atoms with Gasteiger partial charge < -0.3 is 24.7 Å². The number of carbonyl (C=O) groups is 7. The second-order valence-electron chi connectivity index (χ2n) is 14.2. The van der Waals surface area contributed by atoms with Gasteiger partial charge in [-0.15, -0.1) is 0 Å². The number of hydrogen-bond acceptors (Lipinski definition) is 10. The van der Waals surface area contributed by atoms with E-state index in [1.165, 1.54) is 23.2 Å². The lowest BCUT2D eigenvalue weighted by molar-refractivity contribution is -0.176. The van der Waals surface area contributed by atoms with Gasteiger partial charge in [0.15, 0.2) is 12.4 Å². The van der Waals surface area contributed by atoms with E-state index in [4.69, 9.17) is 32.7 Å². The average molecular weight is 798 g/mol. The molecule has 2 aliphatic rings. The smallest absolute Gasteiger partial charge is 0.341 e. The minimum Gasteiger partial charge on any atom is -0.460 e. The number of ether oxygens (including phenoxy) is 2. The van der Waals surface area contributed by atoms with Gasteiger partial charge in [-0.25, -0.2) is 14.8 Å². The molecule has 0 bridgehead atoms. The number of aryl methyl sites for hydroxylation is 1. The standard InChI is InChI=1S/C38H42Cl2N6O9/c1-22-41-16-18-44(22)20-23-10-12-24(13-11-23)34(50)42-27-14-15-31(48)45-17-6-9-29(46(45)36(27)52)35(51)43-28(19-32(49)55-38(2,3)4)30(47)21-54-37(53)33-25(39)7-5-8-26(33)40/h5,7-8,10-13,16,18,27-29H,6,9,14-15,17,19-21H2,1-4H3,(H,42,50)(H,43,51)/t27-,28-,29-/m0/s1. The fourth-order valence-electron chi connectivity index (χ4n) is 6.24. The largest absolute Gasteiger partial charge is 0.460 e. The molecule has 0 aliphatic carbocycles. The maximum Gasteiger partial charge on any atom is 0.341 e. The number of fused-ring (bicyclic) bond motifs is 1. The Kier molecular flexibility index (Phi) is 13.0. The van der Waals surface area contributed by atoms with Crippen molar-refractivity contribution < 1.29 is 43.0 Å². The molecule has 2 aromatic carbocycles. The number of benzene rings is 2. The number of nitrogens with one attached hydrogen (secondary N) is 2. The number of Topliss-reactive ketones (excluding diaryl/α,β-unsaturated/α-hetero) is 1. The van der Waals surface area contributed by atoms with E-state index >= 15 is 0 Å². The molecule has 17 heteroatoms. The molecule has 15 nitrogen and oxygen atoms in total. The van der Waals surface area contributed by atoms with Crippen molar-refractivity contribution in [1.29, 1.82) is 0 Å². The zero-order chi connectivity index (χ0) is 40.0. The molecule has 4 amide bonds. The zero-order valence-corrected chi connectivity index (χ0v) is 32.3. The molecule has 2 saturated heterocycles. The minimum atomic E-state index is -1.55. The van der Waals surface area contributed by atoms with E-state index in [-0.39, 0.29) is 41.4 Å². The van der Waals surface area contributed by atoms with Crippen molar-refractivity contribution in [2.45, 2.75) is 90.1 Å². The highest BCUT2D eigenvalue weighted by atomic mass is 35.5. The molecular formula is C38H42Cl2N6O9. The van der Waals surface area contributed by atoms with Gasteiger partial charge in [0.05, 0.1) is 22.0 Å². The van der Waals surface area contributed by atoms with Crippen molar-refractivity contribution in [2.75, 3.05) is 13.2 Å². The minimum absolute atomic E-state index is 0.00820. The van der Waals surface area contributed by atoms with Crippen LogP contribution < -0.4 is 10.6 Å². The van der Waals surface area contributed by atoms with Crippen LogP contribution in [0.5, 0.6) is 0 Å². The predicted octanol–water partition coefficient (Wildman–Crippen LogP) is 3.82. The Labute approximate surface area is 327 Å². The van der Waals surface area contributed by atoms with Gasteiger partial charge in [-0.2, -0.15) is 0 Å². The summed E-state index contributed by atoms with van der Waals surface area (Å²) >= 11 is 12.2. The monoisotopic (exact) mass is 796 g/mol. The van der Waals surface area contributed by atoms with Gasteiger partial charge in [-0.3, -0.25) is 33.8 Å². The van der Waals surface area contributed by atoms with Crippen molar-refractivity contribution in [2.24, 2.45) is 0 Å². The summed E-state index contributed by atoms with van der Waals surface area (Å²) < 4.78 is 12.5. The Balaban J connectivity index is 1.31. The summed E-state index contributed by atoms with van der Waals surface area (Å²) in [6.07, 6.45) is 3.28. The van der Waals surface area contributed by atoms with Gasteiger partial charge >= 0.3 is 11.9 Å². The third kappa shape index (κ3) is 10.3. The number of hydrogen-bond donors (Lipinski definition) is 2. The topological polar surface area (TPSA) is 186 Å². The number of aromatic nitrogens is 2. The first kappa shape index (κ1) is 40.9. The summed E-state index contributed by atoms with van der Waals surface area (Å²) in [6.45, 7) is 6.60. The van der Waals surface area contributed by atoms with E-state index in [9.17, 15) is 33.6 Å².